The molecule has 386 valence electrons. The number of hydrogen-bond acceptors (Lipinski definition) is 2. The molecule has 2 heteroatoms. The van der Waals surface area contributed by atoms with Crippen LogP contribution in [0.5, 0.6) is 0 Å². The Balaban J connectivity index is 0.950. The summed E-state index contributed by atoms with van der Waals surface area (Å²) in [5, 5.41) is 0. The Morgan fingerprint density at radius 3 is 1.09 bits per heavy atom. The highest BCUT2D eigenvalue weighted by molar-refractivity contribution is 5.94. The lowest BCUT2D eigenvalue weighted by atomic mass is 9.67. The Bertz CT molecular complexity index is 4350. The highest BCUT2D eigenvalue weighted by atomic mass is 15.2. The summed E-state index contributed by atoms with van der Waals surface area (Å²) in [6, 6.07) is 125. The standard InChI is InChI=1S/C80H56N2/c1-6-26-57(27-7-1)58-48-50-64(51-49-58)81(68-52-53-77-73(56-68)72-43-18-22-46-76(72)79(77,60-30-10-3-11-31-60)61-32-12-4-13-33-61)66-38-25-39-67(55-66)82(78-47-23-19-40-69(78)59-28-8-2-9-29-59)65-37-24-36-63(54-65)80(62-34-14-5-15-35-62)74-44-20-16-41-70(74)71-42-17-21-45-75(71)80/h1-56H. The quantitative estimate of drug-likeness (QED) is 0.120. The zero-order chi connectivity index (χ0) is 54.5. The van der Waals surface area contributed by atoms with Crippen LogP contribution in [-0.4, -0.2) is 0 Å². The molecule has 15 rings (SSSR count). The number of anilines is 6. The van der Waals surface area contributed by atoms with Gasteiger partial charge < -0.3 is 9.80 Å². The van der Waals surface area contributed by atoms with Crippen LogP contribution in [0.1, 0.15) is 44.5 Å². The molecular weight excluding hydrogens is 989 g/mol. The highest BCUT2D eigenvalue weighted by Gasteiger charge is 2.47. The number of para-hydroxylation sites is 1. The van der Waals surface area contributed by atoms with Crippen LogP contribution >= 0.6 is 0 Å². The fourth-order valence-electron chi connectivity index (χ4n) is 13.8. The lowest BCUT2D eigenvalue weighted by molar-refractivity contribution is 0.768. The van der Waals surface area contributed by atoms with Crippen molar-refractivity contribution in [2.75, 3.05) is 9.80 Å². The molecule has 0 aliphatic heterocycles. The van der Waals surface area contributed by atoms with Crippen LogP contribution in [0.2, 0.25) is 0 Å². The summed E-state index contributed by atoms with van der Waals surface area (Å²) in [6.45, 7) is 0. The summed E-state index contributed by atoms with van der Waals surface area (Å²) in [7, 11) is 0. The van der Waals surface area contributed by atoms with Crippen molar-refractivity contribution < 1.29 is 0 Å². The summed E-state index contributed by atoms with van der Waals surface area (Å²) >= 11 is 0. The van der Waals surface area contributed by atoms with E-state index >= 15 is 0 Å². The molecule has 0 aromatic heterocycles. The molecule has 82 heavy (non-hydrogen) atoms. The van der Waals surface area contributed by atoms with Crippen LogP contribution in [0.25, 0.3) is 44.5 Å². The summed E-state index contributed by atoms with van der Waals surface area (Å²) in [5.74, 6) is 0. The van der Waals surface area contributed by atoms with E-state index < -0.39 is 10.8 Å². The van der Waals surface area contributed by atoms with Gasteiger partial charge in [0.05, 0.1) is 16.5 Å². The second-order valence-electron chi connectivity index (χ2n) is 21.5. The predicted molar refractivity (Wildman–Crippen MR) is 341 cm³/mol. The predicted octanol–water partition coefficient (Wildman–Crippen LogP) is 20.7. The van der Waals surface area contributed by atoms with Crippen molar-refractivity contribution in [1.29, 1.82) is 0 Å². The van der Waals surface area contributed by atoms with Crippen LogP contribution in [0.4, 0.5) is 34.1 Å². The summed E-state index contributed by atoms with van der Waals surface area (Å²) in [4.78, 5) is 4.92. The zero-order valence-corrected chi connectivity index (χ0v) is 45.2. The first-order valence-electron chi connectivity index (χ1n) is 28.4. The summed E-state index contributed by atoms with van der Waals surface area (Å²) < 4.78 is 0. The maximum absolute atomic E-state index is 2.48. The van der Waals surface area contributed by atoms with Gasteiger partial charge in [0, 0.05) is 34.0 Å². The van der Waals surface area contributed by atoms with Crippen LogP contribution in [0.15, 0.2) is 340 Å². The zero-order valence-electron chi connectivity index (χ0n) is 45.2. The summed E-state index contributed by atoms with van der Waals surface area (Å²) in [6.07, 6.45) is 0. The Kier molecular flexibility index (Phi) is 12.0. The number of nitrogens with zero attached hydrogens (tertiary/aromatic N) is 2. The van der Waals surface area contributed by atoms with Gasteiger partial charge in [0.15, 0.2) is 0 Å². The van der Waals surface area contributed by atoms with Crippen molar-refractivity contribution in [3.8, 4) is 44.5 Å². The third-order valence-electron chi connectivity index (χ3n) is 17.2. The van der Waals surface area contributed by atoms with Crippen LogP contribution in [0, 0.1) is 0 Å². The van der Waals surface area contributed by atoms with Gasteiger partial charge in [-0.25, -0.2) is 0 Å². The molecule has 2 aliphatic carbocycles. The molecule has 13 aromatic carbocycles. The van der Waals surface area contributed by atoms with Gasteiger partial charge in [-0.1, -0.05) is 279 Å². The van der Waals surface area contributed by atoms with Crippen molar-refractivity contribution in [3.05, 3.63) is 384 Å². The molecule has 0 fully saturated rings. The Morgan fingerprint density at radius 1 is 0.183 bits per heavy atom. The molecule has 0 saturated carbocycles. The van der Waals surface area contributed by atoms with E-state index in [-0.39, 0.29) is 0 Å². The van der Waals surface area contributed by atoms with Gasteiger partial charge in [-0.2, -0.15) is 0 Å². The lowest BCUT2D eigenvalue weighted by Gasteiger charge is -2.35. The van der Waals surface area contributed by atoms with Gasteiger partial charge in [0.25, 0.3) is 0 Å². The largest absolute Gasteiger partial charge is 0.310 e. The van der Waals surface area contributed by atoms with Gasteiger partial charge in [-0.05, 0) is 144 Å². The van der Waals surface area contributed by atoms with E-state index in [1.165, 1.54) is 77.9 Å². The SMILES string of the molecule is c1ccc(-c2ccc(N(c3cccc(N(c4cccc(C5(c6ccccc6)c6ccccc6-c6ccccc65)c4)c4ccccc4-c4ccccc4)c3)c3ccc4c(c3)-c3ccccc3C4(c3ccccc3)c3ccccc3)cc2)cc1. The van der Waals surface area contributed by atoms with Gasteiger partial charge in [0.1, 0.15) is 0 Å². The molecule has 0 spiro atoms. The fourth-order valence-corrected chi connectivity index (χ4v) is 13.8. The number of rotatable bonds is 12. The fraction of sp³-hybridized carbons (Fsp3) is 0.0250. The van der Waals surface area contributed by atoms with Crippen LogP contribution in [-0.2, 0) is 10.8 Å². The molecule has 13 aromatic rings. The minimum atomic E-state index is -0.579. The molecule has 0 radical (unpaired) electrons. The molecule has 0 heterocycles. The van der Waals surface area contributed by atoms with Crippen LogP contribution in [0.3, 0.4) is 0 Å². The maximum atomic E-state index is 2.48. The Morgan fingerprint density at radius 2 is 0.537 bits per heavy atom. The first-order valence-corrected chi connectivity index (χ1v) is 28.4. The Hall–Kier alpha value is -10.5. The molecule has 2 nitrogen and oxygen atoms in total. The van der Waals surface area contributed by atoms with Crippen molar-refractivity contribution in [2.45, 2.75) is 10.8 Å². The molecule has 0 atom stereocenters. The van der Waals surface area contributed by atoms with Crippen molar-refractivity contribution >= 4 is 34.1 Å². The van der Waals surface area contributed by atoms with Crippen LogP contribution < -0.4 is 9.80 Å². The first kappa shape index (κ1) is 48.6. The molecule has 0 saturated heterocycles. The third kappa shape index (κ3) is 7.79. The van der Waals surface area contributed by atoms with E-state index in [9.17, 15) is 0 Å². The van der Waals surface area contributed by atoms with Crippen molar-refractivity contribution in [1.82, 2.24) is 0 Å². The van der Waals surface area contributed by atoms with E-state index in [0.29, 0.717) is 0 Å². The molecule has 0 amide bonds. The molecule has 0 unspecified atom stereocenters. The first-order chi connectivity index (χ1) is 40.7. The second-order valence-corrected chi connectivity index (χ2v) is 21.5. The number of benzene rings is 13. The van der Waals surface area contributed by atoms with Gasteiger partial charge >= 0.3 is 0 Å². The molecule has 2 aliphatic rings. The van der Waals surface area contributed by atoms with E-state index in [2.05, 4.69) is 350 Å². The molecular formula is C80H56N2. The molecule has 0 N–H and O–H groups in total. The third-order valence-corrected chi connectivity index (χ3v) is 17.2. The molecule has 0 bridgehead atoms. The number of fused-ring (bicyclic) bond motifs is 6. The van der Waals surface area contributed by atoms with Crippen molar-refractivity contribution in [3.63, 3.8) is 0 Å². The topological polar surface area (TPSA) is 6.48 Å². The van der Waals surface area contributed by atoms with Gasteiger partial charge in [-0.3, -0.25) is 0 Å². The van der Waals surface area contributed by atoms with E-state index in [0.717, 1.165) is 45.3 Å². The maximum Gasteiger partial charge on any atom is 0.0714 e. The summed E-state index contributed by atoms with van der Waals surface area (Å²) in [5.41, 5.74) is 24.9. The smallest absolute Gasteiger partial charge is 0.0714 e. The average molecular weight is 1050 g/mol. The minimum Gasteiger partial charge on any atom is -0.310 e. The van der Waals surface area contributed by atoms with Crippen molar-refractivity contribution in [2.24, 2.45) is 0 Å². The second kappa shape index (κ2) is 20.3. The average Bonchev–Trinajstić information content (AvgIpc) is 3.06. The van der Waals surface area contributed by atoms with E-state index in [1.807, 2.05) is 0 Å². The van der Waals surface area contributed by atoms with E-state index in [4.69, 9.17) is 0 Å². The Labute approximate surface area is 480 Å². The van der Waals surface area contributed by atoms with E-state index in [1.54, 1.807) is 0 Å². The lowest BCUT2D eigenvalue weighted by Crippen LogP contribution is -2.28. The highest BCUT2D eigenvalue weighted by Crippen LogP contribution is 2.59. The number of hydrogen-bond donors (Lipinski definition) is 0. The monoisotopic (exact) mass is 1040 g/mol. The minimum absolute atomic E-state index is 0.516. The normalized spacial score (nSPS) is 13.1. The van der Waals surface area contributed by atoms with Gasteiger partial charge in [0.2, 0.25) is 0 Å². The van der Waals surface area contributed by atoms with Gasteiger partial charge in [-0.15, -0.1) is 0 Å².